The maximum atomic E-state index is 13.1. The number of hydrogen-bond acceptors (Lipinski definition) is 3. The monoisotopic (exact) mass is 453 g/mol. The van der Waals surface area contributed by atoms with Crippen LogP contribution >= 0.6 is 0 Å². The standard InChI is InChI=1S/C20H28F5N3OS/c1-30(29)6-4-12-3-2-5-27(10-12)13-7-14-15(8-13)19(14)16-9-17(20(23,24)25)26-28(16)11-18(21)22/h9,12-15,18-19H,2-8,10-11H2,1H3. The van der Waals surface area contributed by atoms with Gasteiger partial charge >= 0.3 is 6.18 Å². The summed E-state index contributed by atoms with van der Waals surface area (Å²) in [6.07, 6.45) is -0.581. The van der Waals surface area contributed by atoms with E-state index in [9.17, 15) is 26.5 Å². The Balaban J connectivity index is 1.38. The fraction of sp³-hybridized carbons (Fsp3) is 0.850. The van der Waals surface area contributed by atoms with Crippen molar-refractivity contribution in [3.63, 3.8) is 0 Å². The number of hydrogen-bond donors (Lipinski definition) is 0. The molecule has 0 N–H and O–H groups in total. The molecule has 1 aliphatic heterocycles. The Morgan fingerprint density at radius 3 is 2.57 bits per heavy atom. The molecule has 10 heteroatoms. The predicted octanol–water partition coefficient (Wildman–Crippen LogP) is 4.14. The minimum Gasteiger partial charge on any atom is -0.617 e. The first kappa shape index (κ1) is 22.3. The third-order valence-corrected chi connectivity index (χ3v) is 7.87. The van der Waals surface area contributed by atoms with Gasteiger partial charge in [0.1, 0.15) is 12.3 Å². The van der Waals surface area contributed by atoms with E-state index in [-0.39, 0.29) is 17.8 Å². The summed E-state index contributed by atoms with van der Waals surface area (Å²) in [4.78, 5) is 2.49. The molecule has 3 aliphatic rings. The van der Waals surface area contributed by atoms with Gasteiger partial charge in [-0.25, -0.2) is 8.78 Å². The van der Waals surface area contributed by atoms with Crippen LogP contribution in [0.3, 0.4) is 0 Å². The molecular weight excluding hydrogens is 425 g/mol. The molecule has 0 amide bonds. The van der Waals surface area contributed by atoms with E-state index >= 15 is 0 Å². The van der Waals surface area contributed by atoms with Crippen molar-refractivity contribution in [3.05, 3.63) is 17.5 Å². The van der Waals surface area contributed by atoms with E-state index < -0.39 is 36.0 Å². The topological polar surface area (TPSA) is 44.1 Å². The molecule has 3 fully saturated rings. The lowest BCUT2D eigenvalue weighted by atomic mass is 9.93. The van der Waals surface area contributed by atoms with E-state index in [0.717, 1.165) is 61.7 Å². The summed E-state index contributed by atoms with van der Waals surface area (Å²) < 4.78 is 77.2. The molecule has 170 valence electrons. The molecule has 4 rings (SSSR count). The molecule has 0 radical (unpaired) electrons. The average molecular weight is 454 g/mol. The Kier molecular flexibility index (Phi) is 6.38. The van der Waals surface area contributed by atoms with E-state index in [1.54, 1.807) is 6.26 Å². The molecule has 30 heavy (non-hydrogen) atoms. The summed E-state index contributed by atoms with van der Waals surface area (Å²) in [5, 5.41) is 3.44. The number of likely N-dealkylation sites (tertiary alicyclic amines) is 1. The van der Waals surface area contributed by atoms with E-state index in [1.165, 1.54) is 0 Å². The van der Waals surface area contributed by atoms with Crippen molar-refractivity contribution in [2.24, 2.45) is 17.8 Å². The summed E-state index contributed by atoms with van der Waals surface area (Å²) in [5.41, 5.74) is -0.759. The fourth-order valence-corrected chi connectivity index (χ4v) is 6.33. The molecule has 4 nitrogen and oxygen atoms in total. The minimum atomic E-state index is -4.63. The Morgan fingerprint density at radius 2 is 1.97 bits per heavy atom. The molecule has 2 heterocycles. The number of nitrogens with zero attached hydrogens (tertiary/aromatic N) is 3. The minimum absolute atomic E-state index is 0.0910. The largest absolute Gasteiger partial charge is 0.617 e. The van der Waals surface area contributed by atoms with Crippen molar-refractivity contribution in [3.8, 4) is 0 Å². The Hall–Kier alpha value is -0.870. The zero-order chi connectivity index (χ0) is 21.6. The zero-order valence-electron chi connectivity index (χ0n) is 17.0. The van der Waals surface area contributed by atoms with Crippen LogP contribution in [0.25, 0.3) is 0 Å². The van der Waals surface area contributed by atoms with Crippen molar-refractivity contribution < 1.29 is 26.5 Å². The molecule has 0 aromatic carbocycles. The number of alkyl halides is 5. The van der Waals surface area contributed by atoms with Crippen molar-refractivity contribution >= 4 is 11.2 Å². The van der Waals surface area contributed by atoms with Crippen LogP contribution in [0.15, 0.2) is 6.07 Å². The van der Waals surface area contributed by atoms with Gasteiger partial charge in [0.25, 0.3) is 6.43 Å². The second kappa shape index (κ2) is 8.58. The molecule has 0 spiro atoms. The van der Waals surface area contributed by atoms with Crippen molar-refractivity contribution in [1.29, 1.82) is 0 Å². The molecule has 1 aromatic rings. The van der Waals surface area contributed by atoms with Gasteiger partial charge in [0, 0.05) is 24.2 Å². The summed E-state index contributed by atoms with van der Waals surface area (Å²) in [5.74, 6) is 1.70. The number of piperidine rings is 1. The fourth-order valence-electron chi connectivity index (χ4n) is 5.66. The van der Waals surface area contributed by atoms with Crippen LogP contribution in [0, 0.1) is 17.8 Å². The molecule has 1 saturated heterocycles. The SMILES string of the molecule is C[S+]([O-])CCC1CCCN(C2CC3C(C2)C3c2cc(C(F)(F)F)nn2CC(F)F)C1. The van der Waals surface area contributed by atoms with Crippen LogP contribution < -0.4 is 0 Å². The van der Waals surface area contributed by atoms with Gasteiger partial charge in [-0.2, -0.15) is 18.3 Å². The van der Waals surface area contributed by atoms with Crippen LogP contribution in [-0.4, -0.2) is 56.8 Å². The van der Waals surface area contributed by atoms with Gasteiger partial charge < -0.3 is 9.45 Å². The van der Waals surface area contributed by atoms with Gasteiger partial charge in [-0.3, -0.25) is 4.68 Å². The summed E-state index contributed by atoms with van der Waals surface area (Å²) in [7, 11) is 0. The molecule has 4 unspecified atom stereocenters. The number of aromatic nitrogens is 2. The first-order valence-electron chi connectivity index (χ1n) is 10.6. The third kappa shape index (κ3) is 4.80. The molecule has 0 bridgehead atoms. The second-order valence-electron chi connectivity index (χ2n) is 9.07. The molecule has 2 saturated carbocycles. The van der Waals surface area contributed by atoms with Crippen LogP contribution in [-0.2, 0) is 23.9 Å². The predicted molar refractivity (Wildman–Crippen MR) is 104 cm³/mol. The highest BCUT2D eigenvalue weighted by molar-refractivity contribution is 7.90. The van der Waals surface area contributed by atoms with Crippen LogP contribution in [0.2, 0.25) is 0 Å². The Morgan fingerprint density at radius 1 is 1.27 bits per heavy atom. The summed E-state index contributed by atoms with van der Waals surface area (Å²) in [6.45, 7) is 1.23. The highest BCUT2D eigenvalue weighted by Crippen LogP contribution is 2.64. The molecule has 1 aromatic heterocycles. The molecule has 4 atom stereocenters. The normalized spacial score (nSPS) is 33.1. The van der Waals surface area contributed by atoms with Crippen LogP contribution in [0.1, 0.15) is 49.4 Å². The van der Waals surface area contributed by atoms with E-state index in [4.69, 9.17) is 0 Å². The second-order valence-corrected chi connectivity index (χ2v) is 10.6. The highest BCUT2D eigenvalue weighted by atomic mass is 32.2. The average Bonchev–Trinajstić information content (AvgIpc) is 3.01. The van der Waals surface area contributed by atoms with Crippen LogP contribution in [0.5, 0.6) is 0 Å². The van der Waals surface area contributed by atoms with Gasteiger partial charge in [-0.1, -0.05) is 11.2 Å². The quantitative estimate of drug-likeness (QED) is 0.461. The number of rotatable bonds is 7. The summed E-state index contributed by atoms with van der Waals surface area (Å²) >= 11 is -0.777. The van der Waals surface area contributed by atoms with Gasteiger partial charge in [-0.05, 0) is 62.5 Å². The van der Waals surface area contributed by atoms with Crippen molar-refractivity contribution in [2.45, 2.75) is 63.2 Å². The van der Waals surface area contributed by atoms with E-state index in [1.807, 2.05) is 0 Å². The van der Waals surface area contributed by atoms with Gasteiger partial charge in [0.05, 0.1) is 6.26 Å². The first-order chi connectivity index (χ1) is 14.1. The summed E-state index contributed by atoms with van der Waals surface area (Å²) in [6, 6.07) is 1.39. The lowest BCUT2D eigenvalue weighted by Crippen LogP contribution is -2.42. The van der Waals surface area contributed by atoms with Gasteiger partial charge in [0.15, 0.2) is 5.69 Å². The maximum Gasteiger partial charge on any atom is 0.435 e. The molecular formula is C20H28F5N3OS. The smallest absolute Gasteiger partial charge is 0.435 e. The van der Waals surface area contributed by atoms with Gasteiger partial charge in [0.2, 0.25) is 0 Å². The number of halogens is 5. The van der Waals surface area contributed by atoms with Crippen molar-refractivity contribution in [1.82, 2.24) is 14.7 Å². The Labute approximate surface area is 176 Å². The zero-order valence-corrected chi connectivity index (χ0v) is 17.8. The van der Waals surface area contributed by atoms with E-state index in [2.05, 4.69) is 10.00 Å². The molecule has 2 aliphatic carbocycles. The maximum absolute atomic E-state index is 13.1. The highest BCUT2D eigenvalue weighted by Gasteiger charge is 2.59. The van der Waals surface area contributed by atoms with Crippen molar-refractivity contribution in [2.75, 3.05) is 25.1 Å². The van der Waals surface area contributed by atoms with E-state index in [0.29, 0.717) is 17.7 Å². The van der Waals surface area contributed by atoms with Gasteiger partial charge in [-0.15, -0.1) is 0 Å². The lowest BCUT2D eigenvalue weighted by Gasteiger charge is -2.37. The third-order valence-electron chi connectivity index (χ3n) is 7.05. The first-order valence-corrected chi connectivity index (χ1v) is 12.3. The Bertz CT molecular complexity index is 729. The number of fused-ring (bicyclic) bond motifs is 1. The van der Waals surface area contributed by atoms with Crippen LogP contribution in [0.4, 0.5) is 22.0 Å². The lowest BCUT2D eigenvalue weighted by molar-refractivity contribution is -0.141.